The fourth-order valence-corrected chi connectivity index (χ4v) is 2.53. The number of esters is 1. The van der Waals surface area contributed by atoms with Crippen molar-refractivity contribution >= 4 is 17.8 Å². The highest BCUT2D eigenvalue weighted by Gasteiger charge is 2.27. The van der Waals surface area contributed by atoms with Crippen molar-refractivity contribution in [2.24, 2.45) is 0 Å². The SMILES string of the molecule is CCOC(=O)c1c(C)[nH]c(C)c1C(=O)C(C#N)=Cc1ccc(F)cc1. The summed E-state index contributed by atoms with van der Waals surface area (Å²) in [6, 6.07) is 7.24. The van der Waals surface area contributed by atoms with E-state index < -0.39 is 17.6 Å². The topological polar surface area (TPSA) is 83.0 Å². The van der Waals surface area contributed by atoms with Crippen LogP contribution < -0.4 is 0 Å². The number of rotatable bonds is 5. The van der Waals surface area contributed by atoms with Gasteiger partial charge in [-0.1, -0.05) is 12.1 Å². The van der Waals surface area contributed by atoms with Gasteiger partial charge in [0.15, 0.2) is 0 Å². The molecule has 0 aliphatic heterocycles. The van der Waals surface area contributed by atoms with Crippen LogP contribution in [0.15, 0.2) is 29.8 Å². The number of carbonyl (C=O) groups is 2. The number of nitrogens with zero attached hydrogens (tertiary/aromatic N) is 1. The molecule has 1 aromatic heterocycles. The first-order valence-corrected chi connectivity index (χ1v) is 7.67. The van der Waals surface area contributed by atoms with Crippen molar-refractivity contribution in [1.29, 1.82) is 5.26 Å². The zero-order chi connectivity index (χ0) is 18.6. The Morgan fingerprint density at radius 3 is 2.36 bits per heavy atom. The van der Waals surface area contributed by atoms with E-state index in [2.05, 4.69) is 4.98 Å². The van der Waals surface area contributed by atoms with Gasteiger partial charge in [0.25, 0.3) is 0 Å². The number of nitriles is 1. The second kappa shape index (κ2) is 7.58. The van der Waals surface area contributed by atoms with Gasteiger partial charge in [-0.2, -0.15) is 5.26 Å². The summed E-state index contributed by atoms with van der Waals surface area (Å²) in [7, 11) is 0. The second-order valence-electron chi connectivity index (χ2n) is 5.40. The molecular formula is C19H17FN2O3. The number of halogens is 1. The van der Waals surface area contributed by atoms with Gasteiger partial charge in [0.1, 0.15) is 17.5 Å². The van der Waals surface area contributed by atoms with Crippen LogP contribution in [-0.4, -0.2) is 23.3 Å². The molecule has 0 spiro atoms. The molecule has 1 aromatic carbocycles. The summed E-state index contributed by atoms with van der Waals surface area (Å²) in [4.78, 5) is 27.9. The van der Waals surface area contributed by atoms with E-state index in [1.165, 1.54) is 30.3 Å². The van der Waals surface area contributed by atoms with Crippen molar-refractivity contribution in [3.8, 4) is 6.07 Å². The van der Waals surface area contributed by atoms with E-state index in [9.17, 15) is 19.2 Å². The molecule has 1 heterocycles. The maximum absolute atomic E-state index is 13.0. The quantitative estimate of drug-likeness (QED) is 0.389. The van der Waals surface area contributed by atoms with Gasteiger partial charge in [0.05, 0.1) is 17.7 Å². The molecule has 0 atom stereocenters. The van der Waals surface area contributed by atoms with Crippen molar-refractivity contribution in [3.05, 3.63) is 63.7 Å². The smallest absolute Gasteiger partial charge is 0.340 e. The number of ketones is 1. The summed E-state index contributed by atoms with van der Waals surface area (Å²) in [5.74, 6) is -1.62. The number of aromatic amines is 1. The lowest BCUT2D eigenvalue weighted by Crippen LogP contribution is -2.13. The average molecular weight is 340 g/mol. The minimum absolute atomic E-state index is 0.117. The summed E-state index contributed by atoms with van der Waals surface area (Å²) in [6.07, 6.45) is 1.36. The molecule has 128 valence electrons. The summed E-state index contributed by atoms with van der Waals surface area (Å²) in [5, 5.41) is 9.36. The molecule has 25 heavy (non-hydrogen) atoms. The van der Waals surface area contributed by atoms with Crippen LogP contribution in [0.3, 0.4) is 0 Å². The largest absolute Gasteiger partial charge is 0.462 e. The van der Waals surface area contributed by atoms with Crippen LogP contribution in [0.4, 0.5) is 4.39 Å². The van der Waals surface area contributed by atoms with Gasteiger partial charge < -0.3 is 9.72 Å². The monoisotopic (exact) mass is 340 g/mol. The molecule has 0 saturated carbocycles. The summed E-state index contributed by atoms with van der Waals surface area (Å²) in [5.41, 5.74) is 1.58. The minimum Gasteiger partial charge on any atom is -0.462 e. The average Bonchev–Trinajstić information content (AvgIpc) is 2.88. The number of carbonyl (C=O) groups excluding carboxylic acids is 2. The molecule has 0 bridgehead atoms. The molecule has 0 aliphatic carbocycles. The third-order valence-corrected chi connectivity index (χ3v) is 3.63. The predicted octanol–water partition coefficient (Wildman–Crippen LogP) is 3.74. The van der Waals surface area contributed by atoms with E-state index >= 15 is 0 Å². The third-order valence-electron chi connectivity index (χ3n) is 3.63. The van der Waals surface area contributed by atoms with E-state index in [0.29, 0.717) is 17.0 Å². The number of Topliss-reactive ketones (excluding diaryl/α,β-unsaturated/α-hetero) is 1. The summed E-state index contributed by atoms with van der Waals surface area (Å²) >= 11 is 0. The highest BCUT2D eigenvalue weighted by atomic mass is 19.1. The zero-order valence-corrected chi connectivity index (χ0v) is 14.1. The van der Waals surface area contributed by atoms with Crippen molar-refractivity contribution < 1.29 is 18.7 Å². The number of ether oxygens (including phenoxy) is 1. The summed E-state index contributed by atoms with van der Waals surface area (Å²) in [6.45, 7) is 5.15. The number of H-pyrrole nitrogens is 1. The molecule has 2 aromatic rings. The Hall–Kier alpha value is -3.20. The van der Waals surface area contributed by atoms with E-state index in [0.717, 1.165) is 0 Å². The molecule has 0 radical (unpaired) electrons. The fourth-order valence-electron chi connectivity index (χ4n) is 2.53. The molecule has 0 amide bonds. The van der Waals surface area contributed by atoms with Crippen molar-refractivity contribution in [2.45, 2.75) is 20.8 Å². The number of allylic oxidation sites excluding steroid dienone is 1. The Morgan fingerprint density at radius 2 is 1.80 bits per heavy atom. The van der Waals surface area contributed by atoms with Crippen molar-refractivity contribution in [3.63, 3.8) is 0 Å². The first-order valence-electron chi connectivity index (χ1n) is 7.67. The van der Waals surface area contributed by atoms with Crippen LogP contribution in [0.2, 0.25) is 0 Å². The van der Waals surface area contributed by atoms with Gasteiger partial charge in [0.2, 0.25) is 5.78 Å². The highest BCUT2D eigenvalue weighted by molar-refractivity contribution is 6.19. The molecule has 0 aliphatic rings. The molecule has 6 heteroatoms. The van der Waals surface area contributed by atoms with Gasteiger partial charge in [0, 0.05) is 11.4 Å². The van der Waals surface area contributed by atoms with Gasteiger partial charge in [-0.15, -0.1) is 0 Å². The van der Waals surface area contributed by atoms with Crippen molar-refractivity contribution in [2.75, 3.05) is 6.61 Å². The van der Waals surface area contributed by atoms with Gasteiger partial charge >= 0.3 is 5.97 Å². The van der Waals surface area contributed by atoms with Crippen LogP contribution in [-0.2, 0) is 4.74 Å². The van der Waals surface area contributed by atoms with E-state index in [-0.39, 0.29) is 23.3 Å². The number of aryl methyl sites for hydroxylation is 2. The van der Waals surface area contributed by atoms with E-state index in [4.69, 9.17) is 4.74 Å². The minimum atomic E-state index is -0.619. The first kappa shape index (κ1) is 18.1. The summed E-state index contributed by atoms with van der Waals surface area (Å²) < 4.78 is 18.0. The van der Waals surface area contributed by atoms with E-state index in [1.54, 1.807) is 20.8 Å². The Morgan fingerprint density at radius 1 is 1.20 bits per heavy atom. The fraction of sp³-hybridized carbons (Fsp3) is 0.211. The standard InChI is InChI=1S/C19H17FN2O3/c1-4-25-19(24)17-12(3)22-11(2)16(17)18(23)14(10-21)9-13-5-7-15(20)8-6-13/h5-9,22H,4H2,1-3H3. The highest BCUT2D eigenvalue weighted by Crippen LogP contribution is 2.23. The number of benzene rings is 1. The maximum Gasteiger partial charge on any atom is 0.340 e. The van der Waals surface area contributed by atoms with Gasteiger partial charge in [-0.3, -0.25) is 4.79 Å². The van der Waals surface area contributed by atoms with Crippen LogP contribution in [0.5, 0.6) is 0 Å². The molecule has 0 saturated heterocycles. The Kier molecular flexibility index (Phi) is 5.50. The molecule has 1 N–H and O–H groups in total. The Labute approximate surface area is 144 Å². The number of nitrogens with one attached hydrogen (secondary N) is 1. The third kappa shape index (κ3) is 3.83. The lowest BCUT2D eigenvalue weighted by molar-refractivity contribution is 0.0523. The van der Waals surface area contributed by atoms with Crippen molar-refractivity contribution in [1.82, 2.24) is 4.98 Å². The van der Waals surface area contributed by atoms with Gasteiger partial charge in [-0.05, 0) is 44.5 Å². The zero-order valence-electron chi connectivity index (χ0n) is 14.1. The second-order valence-corrected chi connectivity index (χ2v) is 5.40. The Bertz CT molecular complexity index is 887. The van der Waals surface area contributed by atoms with Crippen LogP contribution >= 0.6 is 0 Å². The molecule has 0 fully saturated rings. The number of aromatic nitrogens is 1. The Balaban J connectivity index is 2.50. The van der Waals surface area contributed by atoms with Crippen LogP contribution in [0, 0.1) is 31.0 Å². The maximum atomic E-state index is 13.0. The molecular weight excluding hydrogens is 323 g/mol. The lowest BCUT2D eigenvalue weighted by atomic mass is 9.98. The molecule has 0 unspecified atom stereocenters. The van der Waals surface area contributed by atoms with Crippen LogP contribution in [0.1, 0.15) is 44.6 Å². The molecule has 2 rings (SSSR count). The number of hydrogen-bond acceptors (Lipinski definition) is 4. The lowest BCUT2D eigenvalue weighted by Gasteiger charge is -2.05. The van der Waals surface area contributed by atoms with Gasteiger partial charge in [-0.25, -0.2) is 9.18 Å². The van der Waals surface area contributed by atoms with E-state index in [1.807, 2.05) is 6.07 Å². The number of hydrogen-bond donors (Lipinski definition) is 1. The van der Waals surface area contributed by atoms with Crippen LogP contribution in [0.25, 0.3) is 6.08 Å². The predicted molar refractivity (Wildman–Crippen MR) is 90.5 cm³/mol. The molecule has 5 nitrogen and oxygen atoms in total. The first-order chi connectivity index (χ1) is 11.9. The normalized spacial score (nSPS) is 11.1.